The molecule has 1 aromatic rings. The van der Waals surface area contributed by atoms with Gasteiger partial charge in [0.1, 0.15) is 0 Å². The molecule has 0 heterocycles. The molecule has 0 saturated heterocycles. The van der Waals surface area contributed by atoms with Gasteiger partial charge in [0.25, 0.3) is 5.91 Å². The first-order valence-corrected chi connectivity index (χ1v) is 6.44. The van der Waals surface area contributed by atoms with Crippen molar-refractivity contribution in [2.75, 3.05) is 13.7 Å². The van der Waals surface area contributed by atoms with E-state index in [-0.39, 0.29) is 31.1 Å². The van der Waals surface area contributed by atoms with Crippen molar-refractivity contribution in [3.05, 3.63) is 34.3 Å². The van der Waals surface area contributed by atoms with E-state index < -0.39 is 5.97 Å². The van der Waals surface area contributed by atoms with Crippen LogP contribution in [0, 0.1) is 0 Å². The van der Waals surface area contributed by atoms with Gasteiger partial charge in [0.05, 0.1) is 20.1 Å². The Morgan fingerprint density at radius 1 is 1.16 bits per heavy atom. The predicted octanol–water partition coefficient (Wildman–Crippen LogP) is 1.70. The highest BCUT2D eigenvalue weighted by atomic mass is 79.9. The van der Waals surface area contributed by atoms with Gasteiger partial charge in [-0.1, -0.05) is 15.9 Å². The maximum Gasteiger partial charge on any atom is 0.305 e. The molecule has 0 saturated carbocycles. The lowest BCUT2D eigenvalue weighted by Gasteiger charge is -2.04. The number of hydrogen-bond donors (Lipinski definition) is 1. The molecule has 1 aromatic carbocycles. The lowest BCUT2D eigenvalue weighted by molar-refractivity contribution is -0.141. The van der Waals surface area contributed by atoms with E-state index in [9.17, 15) is 14.4 Å². The number of amides is 1. The number of carbonyl (C=O) groups is 3. The molecule has 0 unspecified atom stereocenters. The van der Waals surface area contributed by atoms with Crippen molar-refractivity contribution < 1.29 is 19.1 Å². The number of rotatable bonds is 6. The molecule has 0 aliphatic rings. The van der Waals surface area contributed by atoms with E-state index in [2.05, 4.69) is 26.0 Å². The Morgan fingerprint density at radius 2 is 1.79 bits per heavy atom. The number of carbonyl (C=O) groups excluding carboxylic acids is 3. The van der Waals surface area contributed by atoms with Gasteiger partial charge in [0, 0.05) is 16.5 Å². The van der Waals surface area contributed by atoms with Gasteiger partial charge in [-0.25, -0.2) is 0 Å². The molecule has 0 atom stereocenters. The van der Waals surface area contributed by atoms with Crippen LogP contribution in [0.2, 0.25) is 0 Å². The second-order valence-corrected chi connectivity index (χ2v) is 4.72. The van der Waals surface area contributed by atoms with Crippen molar-refractivity contribution in [1.29, 1.82) is 0 Å². The summed E-state index contributed by atoms with van der Waals surface area (Å²) in [5.41, 5.74) is 0.476. The lowest BCUT2D eigenvalue weighted by atomic mass is 10.2. The van der Waals surface area contributed by atoms with Crippen molar-refractivity contribution in [2.24, 2.45) is 0 Å². The van der Waals surface area contributed by atoms with Gasteiger partial charge in [-0.05, 0) is 24.3 Å². The predicted molar refractivity (Wildman–Crippen MR) is 72.7 cm³/mol. The van der Waals surface area contributed by atoms with Crippen molar-refractivity contribution in [2.45, 2.75) is 12.8 Å². The highest BCUT2D eigenvalue weighted by Gasteiger charge is 2.10. The standard InChI is InChI=1S/C13H14BrNO4/c1-19-12(17)7-6-11(16)8-15-13(18)9-2-4-10(14)5-3-9/h2-5H,6-8H2,1H3,(H,15,18). The number of esters is 1. The minimum atomic E-state index is -0.437. The number of ketones is 1. The number of Topliss-reactive ketones (excluding diaryl/α,β-unsaturated/α-hetero) is 1. The van der Waals surface area contributed by atoms with Crippen LogP contribution in [0.15, 0.2) is 28.7 Å². The number of benzene rings is 1. The third-order valence-corrected chi connectivity index (χ3v) is 2.92. The fourth-order valence-electron chi connectivity index (χ4n) is 1.31. The molecule has 5 nitrogen and oxygen atoms in total. The van der Waals surface area contributed by atoms with Crippen LogP contribution in [0.1, 0.15) is 23.2 Å². The number of ether oxygens (including phenoxy) is 1. The van der Waals surface area contributed by atoms with Gasteiger partial charge in [0.15, 0.2) is 5.78 Å². The van der Waals surface area contributed by atoms with Gasteiger partial charge in [-0.15, -0.1) is 0 Å². The van der Waals surface area contributed by atoms with Gasteiger partial charge >= 0.3 is 5.97 Å². The first-order chi connectivity index (χ1) is 9.02. The molecule has 0 aromatic heterocycles. The van der Waals surface area contributed by atoms with Crippen LogP contribution in [-0.4, -0.2) is 31.3 Å². The van der Waals surface area contributed by atoms with Crippen LogP contribution in [-0.2, 0) is 14.3 Å². The van der Waals surface area contributed by atoms with Gasteiger partial charge in [-0.3, -0.25) is 14.4 Å². The Balaban J connectivity index is 2.36. The summed E-state index contributed by atoms with van der Waals surface area (Å²) in [4.78, 5) is 33.9. The molecule has 1 rings (SSSR count). The van der Waals surface area contributed by atoms with Crippen LogP contribution in [0.25, 0.3) is 0 Å². The fraction of sp³-hybridized carbons (Fsp3) is 0.308. The summed E-state index contributed by atoms with van der Waals surface area (Å²) in [7, 11) is 1.27. The largest absolute Gasteiger partial charge is 0.469 e. The van der Waals surface area contributed by atoms with E-state index in [1.807, 2.05) is 0 Å². The molecule has 1 N–H and O–H groups in total. The van der Waals surface area contributed by atoms with Crippen LogP contribution in [0.4, 0.5) is 0 Å². The first kappa shape index (κ1) is 15.4. The normalized spacial score (nSPS) is 9.79. The third kappa shape index (κ3) is 5.65. The monoisotopic (exact) mass is 327 g/mol. The zero-order chi connectivity index (χ0) is 14.3. The summed E-state index contributed by atoms with van der Waals surface area (Å²) < 4.78 is 5.30. The van der Waals surface area contributed by atoms with Crippen molar-refractivity contribution in [3.63, 3.8) is 0 Å². The average Bonchev–Trinajstić information content (AvgIpc) is 2.42. The Kier molecular flexibility index (Phi) is 6.21. The van der Waals surface area contributed by atoms with E-state index >= 15 is 0 Å². The quantitative estimate of drug-likeness (QED) is 0.807. The molecule has 0 bridgehead atoms. The van der Waals surface area contributed by atoms with E-state index in [1.54, 1.807) is 24.3 Å². The highest BCUT2D eigenvalue weighted by molar-refractivity contribution is 9.10. The molecule has 0 radical (unpaired) electrons. The first-order valence-electron chi connectivity index (χ1n) is 5.65. The van der Waals surface area contributed by atoms with Crippen molar-refractivity contribution in [1.82, 2.24) is 5.32 Å². The molecule has 0 aliphatic carbocycles. The molecular formula is C13H14BrNO4. The maximum atomic E-state index is 11.7. The second-order valence-electron chi connectivity index (χ2n) is 3.80. The molecule has 102 valence electrons. The van der Waals surface area contributed by atoms with Crippen molar-refractivity contribution in [3.8, 4) is 0 Å². The Hall–Kier alpha value is -1.69. The Bertz CT molecular complexity index is 470. The van der Waals surface area contributed by atoms with E-state index in [0.717, 1.165) is 4.47 Å². The summed E-state index contributed by atoms with van der Waals surface area (Å²) in [6.07, 6.45) is 0.0940. The van der Waals surface area contributed by atoms with Crippen LogP contribution >= 0.6 is 15.9 Å². The number of nitrogens with one attached hydrogen (secondary N) is 1. The lowest BCUT2D eigenvalue weighted by Crippen LogP contribution is -2.29. The SMILES string of the molecule is COC(=O)CCC(=O)CNC(=O)c1ccc(Br)cc1. The molecule has 1 amide bonds. The molecular weight excluding hydrogens is 314 g/mol. The molecule has 0 spiro atoms. The third-order valence-electron chi connectivity index (χ3n) is 2.39. The van der Waals surface area contributed by atoms with E-state index in [0.29, 0.717) is 5.56 Å². The minimum Gasteiger partial charge on any atom is -0.469 e. The zero-order valence-corrected chi connectivity index (χ0v) is 12.0. The molecule has 0 aliphatic heterocycles. The van der Waals surface area contributed by atoms with Gasteiger partial charge in [0.2, 0.25) is 0 Å². The average molecular weight is 328 g/mol. The molecule has 19 heavy (non-hydrogen) atoms. The fourth-order valence-corrected chi connectivity index (χ4v) is 1.58. The van der Waals surface area contributed by atoms with Crippen LogP contribution < -0.4 is 5.32 Å². The number of methoxy groups -OCH3 is 1. The summed E-state index contributed by atoms with van der Waals surface area (Å²) in [6.45, 7) is -0.0914. The second kappa shape index (κ2) is 7.68. The highest BCUT2D eigenvalue weighted by Crippen LogP contribution is 2.10. The Labute approximate surface area is 119 Å². The summed E-state index contributed by atoms with van der Waals surface area (Å²) in [5, 5.41) is 2.50. The van der Waals surface area contributed by atoms with Gasteiger partial charge < -0.3 is 10.1 Å². The van der Waals surface area contributed by atoms with E-state index in [1.165, 1.54) is 7.11 Å². The Morgan fingerprint density at radius 3 is 2.37 bits per heavy atom. The topological polar surface area (TPSA) is 72.5 Å². The summed E-state index contributed by atoms with van der Waals surface area (Å²) in [5.74, 6) is -0.970. The minimum absolute atomic E-state index is 0.0312. The molecule has 0 fully saturated rings. The van der Waals surface area contributed by atoms with Crippen molar-refractivity contribution >= 4 is 33.6 Å². The van der Waals surface area contributed by atoms with Crippen LogP contribution in [0.5, 0.6) is 0 Å². The van der Waals surface area contributed by atoms with Crippen LogP contribution in [0.3, 0.4) is 0 Å². The van der Waals surface area contributed by atoms with Gasteiger partial charge in [-0.2, -0.15) is 0 Å². The summed E-state index contributed by atoms with van der Waals surface area (Å²) >= 11 is 3.27. The number of halogens is 1. The molecule has 6 heteroatoms. The maximum absolute atomic E-state index is 11.7. The summed E-state index contributed by atoms with van der Waals surface area (Å²) in [6, 6.07) is 6.79. The van der Waals surface area contributed by atoms with E-state index in [4.69, 9.17) is 0 Å². The number of hydrogen-bond acceptors (Lipinski definition) is 4. The zero-order valence-electron chi connectivity index (χ0n) is 10.4. The smallest absolute Gasteiger partial charge is 0.305 e.